The lowest BCUT2D eigenvalue weighted by Gasteiger charge is -2.08. The second-order valence-electron chi connectivity index (χ2n) is 5.60. The van der Waals surface area contributed by atoms with Gasteiger partial charge >= 0.3 is 0 Å². The number of hydrogen-bond acceptors (Lipinski definition) is 8. The van der Waals surface area contributed by atoms with Gasteiger partial charge < -0.3 is 18.9 Å². The molecule has 0 saturated heterocycles. The zero-order valence-electron chi connectivity index (χ0n) is 16.0. The van der Waals surface area contributed by atoms with Gasteiger partial charge in [0.1, 0.15) is 0 Å². The molecule has 0 radical (unpaired) electrons. The zero-order chi connectivity index (χ0) is 20.7. The van der Waals surface area contributed by atoms with Gasteiger partial charge in [0.15, 0.2) is 0 Å². The topological polar surface area (TPSA) is 126 Å². The summed E-state index contributed by atoms with van der Waals surface area (Å²) in [6.45, 7) is 5.80. The Morgan fingerprint density at radius 3 is 1.79 bits per heavy atom. The molecular formula is C17H28N2O8S. The third-order valence-corrected chi connectivity index (χ3v) is 4.84. The molecule has 0 bridgehead atoms. The molecule has 0 aliphatic carbocycles. The SMILES string of the molecule is CCCOCCOCCOCCOCCNS(=O)(=O)c1ccc([N+](=O)[O-])cc1. The number of hydrogen-bond donors (Lipinski definition) is 1. The third-order valence-electron chi connectivity index (χ3n) is 3.36. The fourth-order valence-electron chi connectivity index (χ4n) is 1.98. The highest BCUT2D eigenvalue weighted by Crippen LogP contribution is 2.15. The lowest BCUT2D eigenvalue weighted by molar-refractivity contribution is -0.384. The lowest BCUT2D eigenvalue weighted by Crippen LogP contribution is -2.27. The van der Waals surface area contributed by atoms with Crippen molar-refractivity contribution in [2.45, 2.75) is 18.2 Å². The molecule has 11 heteroatoms. The molecule has 0 saturated carbocycles. The van der Waals surface area contributed by atoms with E-state index in [0.717, 1.165) is 25.2 Å². The Morgan fingerprint density at radius 1 is 0.857 bits per heavy atom. The van der Waals surface area contributed by atoms with Crippen molar-refractivity contribution in [3.05, 3.63) is 34.4 Å². The van der Waals surface area contributed by atoms with E-state index in [1.807, 2.05) is 6.92 Å². The summed E-state index contributed by atoms with van der Waals surface area (Å²) in [7, 11) is -3.73. The molecule has 1 rings (SSSR count). The van der Waals surface area contributed by atoms with Gasteiger partial charge in [-0.05, 0) is 18.6 Å². The van der Waals surface area contributed by atoms with Gasteiger partial charge in [0, 0.05) is 25.3 Å². The molecule has 0 fully saturated rings. The van der Waals surface area contributed by atoms with Gasteiger partial charge in [-0.3, -0.25) is 10.1 Å². The molecule has 0 atom stereocenters. The summed E-state index contributed by atoms with van der Waals surface area (Å²) in [4.78, 5) is 9.95. The van der Waals surface area contributed by atoms with Crippen LogP contribution in [0.5, 0.6) is 0 Å². The average Bonchev–Trinajstić information content (AvgIpc) is 2.68. The summed E-state index contributed by atoms with van der Waals surface area (Å²) < 4.78 is 47.7. The highest BCUT2D eigenvalue weighted by molar-refractivity contribution is 7.89. The van der Waals surface area contributed by atoms with E-state index >= 15 is 0 Å². The fourth-order valence-corrected chi connectivity index (χ4v) is 3.00. The van der Waals surface area contributed by atoms with E-state index in [-0.39, 0.29) is 23.7 Å². The molecule has 0 spiro atoms. The van der Waals surface area contributed by atoms with E-state index in [0.29, 0.717) is 39.6 Å². The van der Waals surface area contributed by atoms with Crippen LogP contribution in [0.1, 0.15) is 13.3 Å². The van der Waals surface area contributed by atoms with Gasteiger partial charge in [-0.2, -0.15) is 0 Å². The van der Waals surface area contributed by atoms with E-state index in [1.165, 1.54) is 12.1 Å². The van der Waals surface area contributed by atoms with Crippen molar-refractivity contribution in [3.8, 4) is 0 Å². The van der Waals surface area contributed by atoms with Crippen LogP contribution in [-0.4, -0.2) is 72.7 Å². The third kappa shape index (κ3) is 10.6. The van der Waals surface area contributed by atoms with Crippen LogP contribution in [0.2, 0.25) is 0 Å². The van der Waals surface area contributed by atoms with E-state index in [4.69, 9.17) is 18.9 Å². The van der Waals surface area contributed by atoms with Crippen LogP contribution in [0.4, 0.5) is 5.69 Å². The van der Waals surface area contributed by atoms with E-state index in [2.05, 4.69) is 4.72 Å². The summed E-state index contributed by atoms with van der Waals surface area (Å²) in [6.07, 6.45) is 0.988. The lowest BCUT2D eigenvalue weighted by atomic mass is 10.3. The number of non-ortho nitro benzene ring substituents is 1. The maximum absolute atomic E-state index is 12.0. The van der Waals surface area contributed by atoms with Crippen LogP contribution in [0.3, 0.4) is 0 Å². The predicted molar refractivity (Wildman–Crippen MR) is 102 cm³/mol. The standard InChI is InChI=1S/C17H28N2O8S/c1-2-8-24-10-12-26-14-15-27-13-11-25-9-7-18-28(22,23)17-5-3-16(4-6-17)19(20)21/h3-6,18H,2,7-15H2,1H3. The van der Waals surface area contributed by atoms with Gasteiger partial charge in [0.05, 0.1) is 56.1 Å². The average molecular weight is 420 g/mol. The second kappa shape index (κ2) is 14.4. The van der Waals surface area contributed by atoms with Crippen LogP contribution < -0.4 is 4.72 Å². The Kier molecular flexibility index (Phi) is 12.5. The minimum Gasteiger partial charge on any atom is -0.379 e. The zero-order valence-corrected chi connectivity index (χ0v) is 16.8. The minimum absolute atomic E-state index is 0.0403. The second-order valence-corrected chi connectivity index (χ2v) is 7.37. The monoisotopic (exact) mass is 420 g/mol. The number of sulfonamides is 1. The first kappa shape index (κ1) is 24.4. The molecular weight excluding hydrogens is 392 g/mol. The van der Waals surface area contributed by atoms with Crippen molar-refractivity contribution >= 4 is 15.7 Å². The number of rotatable bonds is 17. The van der Waals surface area contributed by atoms with Crippen LogP contribution in [-0.2, 0) is 29.0 Å². The smallest absolute Gasteiger partial charge is 0.269 e. The molecule has 28 heavy (non-hydrogen) atoms. The van der Waals surface area contributed by atoms with Crippen molar-refractivity contribution in [2.75, 3.05) is 59.4 Å². The molecule has 1 N–H and O–H groups in total. The summed E-state index contributed by atoms with van der Waals surface area (Å²) in [5.74, 6) is 0. The fraction of sp³-hybridized carbons (Fsp3) is 0.647. The molecule has 0 amide bonds. The van der Waals surface area contributed by atoms with E-state index in [1.54, 1.807) is 0 Å². The number of benzene rings is 1. The van der Waals surface area contributed by atoms with Gasteiger partial charge in [-0.15, -0.1) is 0 Å². The Balaban J connectivity index is 2.02. The highest BCUT2D eigenvalue weighted by Gasteiger charge is 2.15. The minimum atomic E-state index is -3.73. The number of nitro groups is 1. The van der Waals surface area contributed by atoms with E-state index < -0.39 is 14.9 Å². The molecule has 10 nitrogen and oxygen atoms in total. The van der Waals surface area contributed by atoms with Crippen molar-refractivity contribution in [1.29, 1.82) is 0 Å². The Labute approximate surface area is 165 Å². The van der Waals surface area contributed by atoms with Crippen molar-refractivity contribution in [3.63, 3.8) is 0 Å². The predicted octanol–water partition coefficient (Wildman–Crippen LogP) is 1.35. The number of nitrogens with one attached hydrogen (secondary N) is 1. The van der Waals surface area contributed by atoms with Gasteiger partial charge in [0.2, 0.25) is 10.0 Å². The summed E-state index contributed by atoms with van der Waals surface area (Å²) in [5.41, 5.74) is -0.169. The van der Waals surface area contributed by atoms with Crippen molar-refractivity contribution < 1.29 is 32.3 Å². The molecule has 0 aliphatic heterocycles. The largest absolute Gasteiger partial charge is 0.379 e. The number of nitro benzene ring substituents is 1. The number of nitrogens with zero attached hydrogens (tertiary/aromatic N) is 1. The quantitative estimate of drug-likeness (QED) is 0.227. The van der Waals surface area contributed by atoms with Gasteiger partial charge in [-0.25, -0.2) is 13.1 Å². The Bertz CT molecular complexity index is 652. The first-order valence-electron chi connectivity index (χ1n) is 9.02. The van der Waals surface area contributed by atoms with Gasteiger partial charge in [0.25, 0.3) is 5.69 Å². The molecule has 160 valence electrons. The molecule has 0 unspecified atom stereocenters. The Hall–Kier alpha value is -1.63. The molecule has 0 aliphatic rings. The molecule has 1 aromatic rings. The van der Waals surface area contributed by atoms with Crippen LogP contribution in [0, 0.1) is 10.1 Å². The number of ether oxygens (including phenoxy) is 4. The molecule has 0 heterocycles. The van der Waals surface area contributed by atoms with Crippen molar-refractivity contribution in [2.24, 2.45) is 0 Å². The molecule has 0 aromatic heterocycles. The maximum atomic E-state index is 12.0. The molecule has 1 aromatic carbocycles. The first-order valence-corrected chi connectivity index (χ1v) is 10.5. The maximum Gasteiger partial charge on any atom is 0.269 e. The summed E-state index contributed by atoms with van der Waals surface area (Å²) in [6, 6.07) is 4.66. The summed E-state index contributed by atoms with van der Waals surface area (Å²) in [5, 5.41) is 10.6. The van der Waals surface area contributed by atoms with Crippen LogP contribution >= 0.6 is 0 Å². The van der Waals surface area contributed by atoms with Crippen LogP contribution in [0.15, 0.2) is 29.2 Å². The van der Waals surface area contributed by atoms with Crippen LogP contribution in [0.25, 0.3) is 0 Å². The van der Waals surface area contributed by atoms with E-state index in [9.17, 15) is 18.5 Å². The summed E-state index contributed by atoms with van der Waals surface area (Å²) >= 11 is 0. The van der Waals surface area contributed by atoms with Gasteiger partial charge in [-0.1, -0.05) is 6.92 Å². The van der Waals surface area contributed by atoms with Crippen molar-refractivity contribution in [1.82, 2.24) is 4.72 Å². The Morgan fingerprint density at radius 2 is 1.32 bits per heavy atom. The normalized spacial score (nSPS) is 11.6. The highest BCUT2D eigenvalue weighted by atomic mass is 32.2. The first-order chi connectivity index (χ1) is 13.5.